The molecule has 0 fully saturated rings. The van der Waals surface area contributed by atoms with Crippen LogP contribution in [0.25, 0.3) is 0 Å². The van der Waals surface area contributed by atoms with Crippen LogP contribution in [0.4, 0.5) is 4.39 Å². The minimum atomic E-state index is -0.988. The van der Waals surface area contributed by atoms with Gasteiger partial charge in [0.1, 0.15) is 5.82 Å². The highest BCUT2D eigenvalue weighted by molar-refractivity contribution is 9.10. The van der Waals surface area contributed by atoms with E-state index in [0.717, 1.165) is 0 Å². The second-order valence-corrected chi connectivity index (χ2v) is 5.72. The zero-order chi connectivity index (χ0) is 14.7. The van der Waals surface area contributed by atoms with Gasteiger partial charge in [0.15, 0.2) is 0 Å². The zero-order valence-corrected chi connectivity index (χ0v) is 12.7. The van der Waals surface area contributed by atoms with Gasteiger partial charge in [-0.1, -0.05) is 45.7 Å². The van der Waals surface area contributed by atoms with E-state index in [2.05, 4.69) is 15.9 Å². The Morgan fingerprint density at radius 3 is 2.60 bits per heavy atom. The molecule has 1 atom stereocenters. The Bertz CT molecular complexity index is 625. The standard InChI is InChI=1S/C15H11BrClFO2/c16-10-5-9(6-11(18)8-10)7-13(15(19)20)12-3-1-2-4-14(12)17/h1-6,8,13H,7H2,(H,19,20). The molecule has 0 aliphatic carbocycles. The number of carboxylic acids is 1. The van der Waals surface area contributed by atoms with E-state index in [-0.39, 0.29) is 6.42 Å². The maximum Gasteiger partial charge on any atom is 0.311 e. The minimum absolute atomic E-state index is 0.176. The third-order valence-corrected chi connectivity index (χ3v) is 3.74. The van der Waals surface area contributed by atoms with Crippen molar-refractivity contribution in [1.29, 1.82) is 0 Å². The van der Waals surface area contributed by atoms with Gasteiger partial charge in [0.25, 0.3) is 0 Å². The molecule has 0 amide bonds. The molecule has 1 N–H and O–H groups in total. The second-order valence-electron chi connectivity index (χ2n) is 4.39. The third kappa shape index (κ3) is 3.58. The summed E-state index contributed by atoms with van der Waals surface area (Å²) in [7, 11) is 0. The highest BCUT2D eigenvalue weighted by Crippen LogP contribution is 2.29. The Balaban J connectivity index is 2.36. The molecule has 0 bridgehead atoms. The minimum Gasteiger partial charge on any atom is -0.481 e. The van der Waals surface area contributed by atoms with Crippen LogP contribution in [-0.4, -0.2) is 11.1 Å². The maximum atomic E-state index is 13.4. The van der Waals surface area contributed by atoms with Crippen LogP contribution in [0.2, 0.25) is 5.02 Å². The van der Waals surface area contributed by atoms with E-state index in [4.69, 9.17) is 11.6 Å². The van der Waals surface area contributed by atoms with E-state index in [0.29, 0.717) is 20.6 Å². The first-order valence-corrected chi connectivity index (χ1v) is 7.06. The summed E-state index contributed by atoms with van der Waals surface area (Å²) in [6.07, 6.45) is 0.176. The Morgan fingerprint density at radius 2 is 2.00 bits per heavy atom. The van der Waals surface area contributed by atoms with E-state index in [1.165, 1.54) is 12.1 Å². The molecule has 0 saturated carbocycles. The summed E-state index contributed by atoms with van der Waals surface area (Å²) in [4.78, 5) is 11.5. The quantitative estimate of drug-likeness (QED) is 0.864. The summed E-state index contributed by atoms with van der Waals surface area (Å²) in [5.74, 6) is -2.20. The molecule has 104 valence electrons. The number of benzene rings is 2. The van der Waals surface area contributed by atoms with Crippen LogP contribution >= 0.6 is 27.5 Å². The number of carboxylic acid groups (broad SMARTS) is 1. The second kappa shape index (κ2) is 6.37. The van der Waals surface area contributed by atoms with Gasteiger partial charge in [0, 0.05) is 9.50 Å². The van der Waals surface area contributed by atoms with E-state index < -0.39 is 17.7 Å². The first-order valence-electron chi connectivity index (χ1n) is 5.89. The molecule has 0 aliphatic heterocycles. The van der Waals surface area contributed by atoms with Crippen molar-refractivity contribution in [3.05, 3.63) is 68.9 Å². The first-order chi connectivity index (χ1) is 9.47. The third-order valence-electron chi connectivity index (χ3n) is 2.94. The van der Waals surface area contributed by atoms with Gasteiger partial charge in [-0.05, 0) is 41.8 Å². The van der Waals surface area contributed by atoms with E-state index in [1.54, 1.807) is 30.3 Å². The lowest BCUT2D eigenvalue weighted by atomic mass is 9.92. The molecule has 20 heavy (non-hydrogen) atoms. The van der Waals surface area contributed by atoms with Gasteiger partial charge < -0.3 is 5.11 Å². The molecular formula is C15H11BrClFO2. The normalized spacial score (nSPS) is 12.2. The molecule has 2 nitrogen and oxygen atoms in total. The molecule has 0 heterocycles. The van der Waals surface area contributed by atoms with Crippen LogP contribution in [0.3, 0.4) is 0 Å². The number of hydrogen-bond donors (Lipinski definition) is 1. The van der Waals surface area contributed by atoms with E-state index in [9.17, 15) is 14.3 Å². The lowest BCUT2D eigenvalue weighted by molar-refractivity contribution is -0.138. The van der Waals surface area contributed by atoms with Crippen molar-refractivity contribution in [1.82, 2.24) is 0 Å². The van der Waals surface area contributed by atoms with Gasteiger partial charge in [0.2, 0.25) is 0 Å². The molecule has 0 radical (unpaired) electrons. The Hall–Kier alpha value is -1.39. The number of halogens is 3. The molecule has 2 aromatic carbocycles. The van der Waals surface area contributed by atoms with Crippen molar-refractivity contribution in [3.8, 4) is 0 Å². The molecular weight excluding hydrogens is 347 g/mol. The van der Waals surface area contributed by atoms with Crippen molar-refractivity contribution < 1.29 is 14.3 Å². The van der Waals surface area contributed by atoms with Gasteiger partial charge in [-0.25, -0.2) is 4.39 Å². The molecule has 0 saturated heterocycles. The van der Waals surface area contributed by atoms with Crippen molar-refractivity contribution in [2.45, 2.75) is 12.3 Å². The maximum absolute atomic E-state index is 13.4. The summed E-state index contributed by atoms with van der Waals surface area (Å²) < 4.78 is 13.9. The first kappa shape index (κ1) is 15.0. The fourth-order valence-corrected chi connectivity index (χ4v) is 2.83. The fourth-order valence-electron chi connectivity index (χ4n) is 2.05. The zero-order valence-electron chi connectivity index (χ0n) is 10.3. The highest BCUT2D eigenvalue weighted by Gasteiger charge is 2.22. The van der Waals surface area contributed by atoms with Crippen LogP contribution in [-0.2, 0) is 11.2 Å². The topological polar surface area (TPSA) is 37.3 Å². The lowest BCUT2D eigenvalue weighted by Gasteiger charge is -2.14. The van der Waals surface area contributed by atoms with Crippen molar-refractivity contribution in [2.75, 3.05) is 0 Å². The van der Waals surface area contributed by atoms with Gasteiger partial charge in [-0.15, -0.1) is 0 Å². The van der Waals surface area contributed by atoms with Crippen LogP contribution in [0.1, 0.15) is 17.0 Å². The predicted molar refractivity (Wildman–Crippen MR) is 79.6 cm³/mol. The van der Waals surface area contributed by atoms with Crippen molar-refractivity contribution in [2.24, 2.45) is 0 Å². The number of aliphatic carboxylic acids is 1. The van der Waals surface area contributed by atoms with Crippen molar-refractivity contribution >= 4 is 33.5 Å². The van der Waals surface area contributed by atoms with Gasteiger partial charge >= 0.3 is 5.97 Å². The molecule has 0 spiro atoms. The van der Waals surface area contributed by atoms with Crippen molar-refractivity contribution in [3.63, 3.8) is 0 Å². The molecule has 2 aromatic rings. The van der Waals surface area contributed by atoms with Gasteiger partial charge in [-0.3, -0.25) is 4.79 Å². The number of rotatable bonds is 4. The molecule has 5 heteroatoms. The van der Waals surface area contributed by atoms with E-state index >= 15 is 0 Å². The SMILES string of the molecule is O=C(O)C(Cc1cc(F)cc(Br)c1)c1ccccc1Cl. The van der Waals surface area contributed by atoms with Crippen LogP contribution in [0.15, 0.2) is 46.9 Å². The average Bonchev–Trinajstić information content (AvgIpc) is 2.35. The summed E-state index contributed by atoms with van der Waals surface area (Å²) in [5, 5.41) is 9.79. The Kier molecular flexibility index (Phi) is 4.78. The molecule has 2 rings (SSSR count). The Labute approximate surface area is 129 Å². The summed E-state index contributed by atoms with van der Waals surface area (Å²) in [6.45, 7) is 0. The molecule has 1 unspecified atom stereocenters. The largest absolute Gasteiger partial charge is 0.481 e. The predicted octanol–water partition coefficient (Wildman–Crippen LogP) is 4.65. The van der Waals surface area contributed by atoms with Crippen LogP contribution in [0.5, 0.6) is 0 Å². The number of carbonyl (C=O) groups is 1. The summed E-state index contributed by atoms with van der Waals surface area (Å²) in [6, 6.07) is 11.2. The smallest absolute Gasteiger partial charge is 0.311 e. The average molecular weight is 358 g/mol. The molecule has 0 aliphatic rings. The van der Waals surface area contributed by atoms with Crippen LogP contribution < -0.4 is 0 Å². The Morgan fingerprint density at radius 1 is 1.30 bits per heavy atom. The summed E-state index contributed by atoms with van der Waals surface area (Å²) >= 11 is 9.24. The summed E-state index contributed by atoms with van der Waals surface area (Å²) in [5.41, 5.74) is 1.13. The number of hydrogen-bond acceptors (Lipinski definition) is 1. The van der Waals surface area contributed by atoms with Gasteiger partial charge in [-0.2, -0.15) is 0 Å². The van der Waals surface area contributed by atoms with Crippen LogP contribution in [0, 0.1) is 5.82 Å². The molecule has 0 aromatic heterocycles. The monoisotopic (exact) mass is 356 g/mol. The van der Waals surface area contributed by atoms with Gasteiger partial charge in [0.05, 0.1) is 5.92 Å². The fraction of sp³-hybridized carbons (Fsp3) is 0.133. The van der Waals surface area contributed by atoms with E-state index in [1.807, 2.05) is 0 Å². The lowest BCUT2D eigenvalue weighted by Crippen LogP contribution is -2.15. The highest BCUT2D eigenvalue weighted by atomic mass is 79.9.